The molecule has 0 unspecified atom stereocenters. The number of furan rings is 1. The number of carbonyl (C=O) groups is 2. The van der Waals surface area contributed by atoms with Crippen LogP contribution in [0.25, 0.3) is 0 Å². The van der Waals surface area contributed by atoms with Gasteiger partial charge in [0.05, 0.1) is 23.2 Å². The van der Waals surface area contributed by atoms with Crippen LogP contribution in [0.15, 0.2) is 41.0 Å². The van der Waals surface area contributed by atoms with E-state index in [0.29, 0.717) is 12.1 Å². The van der Waals surface area contributed by atoms with E-state index in [1.807, 2.05) is 6.07 Å². The van der Waals surface area contributed by atoms with E-state index in [9.17, 15) is 9.59 Å². The standard InChI is InChI=1S/C15H16N2O4/c1-17(14(18)7-5-11-3-2-8-21-11)13-6-4-10(15(19)20)9-12(13)16/h2-4,6,8-9H,5,7,16H2,1H3,(H,19,20). The van der Waals surface area contributed by atoms with Gasteiger partial charge in [-0.15, -0.1) is 0 Å². The molecule has 1 aromatic heterocycles. The number of nitrogens with two attached hydrogens (primary N) is 1. The lowest BCUT2D eigenvalue weighted by atomic mass is 10.1. The van der Waals surface area contributed by atoms with Crippen molar-refractivity contribution in [3.63, 3.8) is 0 Å². The number of aryl methyl sites for hydroxylation is 1. The molecule has 0 aliphatic rings. The van der Waals surface area contributed by atoms with Crippen molar-refractivity contribution in [2.24, 2.45) is 0 Å². The van der Waals surface area contributed by atoms with Crippen molar-refractivity contribution in [3.05, 3.63) is 47.9 Å². The first-order valence-corrected chi connectivity index (χ1v) is 6.41. The zero-order chi connectivity index (χ0) is 15.4. The summed E-state index contributed by atoms with van der Waals surface area (Å²) in [6, 6.07) is 7.87. The predicted molar refractivity (Wildman–Crippen MR) is 78.3 cm³/mol. The van der Waals surface area contributed by atoms with Crippen molar-refractivity contribution in [3.8, 4) is 0 Å². The fourth-order valence-corrected chi connectivity index (χ4v) is 1.98. The van der Waals surface area contributed by atoms with Gasteiger partial charge in [0.1, 0.15) is 5.76 Å². The molecule has 0 radical (unpaired) electrons. The third-order valence-corrected chi connectivity index (χ3v) is 3.18. The van der Waals surface area contributed by atoms with Gasteiger partial charge in [0, 0.05) is 19.9 Å². The highest BCUT2D eigenvalue weighted by Crippen LogP contribution is 2.24. The highest BCUT2D eigenvalue weighted by atomic mass is 16.4. The molecule has 0 aliphatic carbocycles. The van der Waals surface area contributed by atoms with Gasteiger partial charge >= 0.3 is 5.97 Å². The number of aromatic carboxylic acids is 1. The average molecular weight is 288 g/mol. The van der Waals surface area contributed by atoms with Crippen molar-refractivity contribution < 1.29 is 19.1 Å². The van der Waals surface area contributed by atoms with Crippen molar-refractivity contribution >= 4 is 23.3 Å². The number of hydrogen-bond acceptors (Lipinski definition) is 4. The minimum absolute atomic E-state index is 0.0904. The van der Waals surface area contributed by atoms with E-state index in [0.717, 1.165) is 5.76 Å². The van der Waals surface area contributed by atoms with Crippen LogP contribution < -0.4 is 10.6 Å². The highest BCUT2D eigenvalue weighted by molar-refractivity contribution is 5.97. The fourth-order valence-electron chi connectivity index (χ4n) is 1.98. The summed E-state index contributed by atoms with van der Waals surface area (Å²) in [5.41, 5.74) is 6.65. The second-order valence-corrected chi connectivity index (χ2v) is 4.61. The summed E-state index contributed by atoms with van der Waals surface area (Å²) in [7, 11) is 1.61. The highest BCUT2D eigenvalue weighted by Gasteiger charge is 2.15. The number of rotatable bonds is 5. The lowest BCUT2D eigenvalue weighted by Gasteiger charge is -2.19. The van der Waals surface area contributed by atoms with Crippen molar-refractivity contribution in [2.75, 3.05) is 17.7 Å². The van der Waals surface area contributed by atoms with Crippen molar-refractivity contribution in [1.29, 1.82) is 0 Å². The van der Waals surface area contributed by atoms with Gasteiger partial charge in [-0.2, -0.15) is 0 Å². The quantitative estimate of drug-likeness (QED) is 0.822. The first-order chi connectivity index (χ1) is 9.99. The Bertz CT molecular complexity index is 650. The number of benzene rings is 1. The van der Waals surface area contributed by atoms with Gasteiger partial charge in [-0.3, -0.25) is 4.79 Å². The molecule has 0 fully saturated rings. The van der Waals surface area contributed by atoms with Crippen LogP contribution in [0.4, 0.5) is 11.4 Å². The van der Waals surface area contributed by atoms with E-state index in [1.165, 1.54) is 23.1 Å². The SMILES string of the molecule is CN(C(=O)CCc1ccco1)c1ccc(C(=O)O)cc1N. The molecule has 110 valence electrons. The fraction of sp³-hybridized carbons (Fsp3) is 0.200. The lowest BCUT2D eigenvalue weighted by Crippen LogP contribution is -2.27. The van der Waals surface area contributed by atoms with Gasteiger partial charge in [-0.25, -0.2) is 4.79 Å². The number of nitrogens with zero attached hydrogens (tertiary/aromatic N) is 1. The Balaban J connectivity index is 2.06. The molecule has 6 heteroatoms. The van der Waals surface area contributed by atoms with E-state index < -0.39 is 5.97 Å². The number of carbonyl (C=O) groups excluding carboxylic acids is 1. The summed E-state index contributed by atoms with van der Waals surface area (Å²) in [6.07, 6.45) is 2.35. The Morgan fingerprint density at radius 1 is 1.33 bits per heavy atom. The largest absolute Gasteiger partial charge is 0.478 e. The second-order valence-electron chi connectivity index (χ2n) is 4.61. The summed E-state index contributed by atoms with van der Waals surface area (Å²) in [6.45, 7) is 0. The number of amides is 1. The van der Waals surface area contributed by atoms with Crippen LogP contribution in [0.2, 0.25) is 0 Å². The zero-order valence-electron chi connectivity index (χ0n) is 11.6. The van der Waals surface area contributed by atoms with E-state index in [1.54, 1.807) is 19.4 Å². The molecule has 1 aromatic carbocycles. The monoisotopic (exact) mass is 288 g/mol. The van der Waals surface area contributed by atoms with E-state index >= 15 is 0 Å². The van der Waals surface area contributed by atoms with Gasteiger partial charge in [0.25, 0.3) is 0 Å². The minimum Gasteiger partial charge on any atom is -0.478 e. The third kappa shape index (κ3) is 3.42. The first-order valence-electron chi connectivity index (χ1n) is 6.41. The molecule has 0 saturated heterocycles. The normalized spacial score (nSPS) is 10.3. The molecular weight excluding hydrogens is 272 g/mol. The van der Waals surface area contributed by atoms with Crippen LogP contribution >= 0.6 is 0 Å². The molecule has 0 saturated carbocycles. The molecule has 0 atom stereocenters. The van der Waals surface area contributed by atoms with Gasteiger partial charge in [0.15, 0.2) is 0 Å². The molecule has 3 N–H and O–H groups in total. The minimum atomic E-state index is -1.06. The summed E-state index contributed by atoms with van der Waals surface area (Å²) >= 11 is 0. The molecular formula is C15H16N2O4. The van der Waals surface area contributed by atoms with Gasteiger partial charge in [-0.1, -0.05) is 0 Å². The molecule has 1 heterocycles. The summed E-state index contributed by atoms with van der Waals surface area (Å²) in [4.78, 5) is 24.4. The molecule has 0 bridgehead atoms. The molecule has 0 aliphatic heterocycles. The van der Waals surface area contributed by atoms with Crippen LogP contribution in [0.1, 0.15) is 22.5 Å². The maximum Gasteiger partial charge on any atom is 0.335 e. The molecule has 2 aromatic rings. The Morgan fingerprint density at radius 3 is 2.67 bits per heavy atom. The lowest BCUT2D eigenvalue weighted by molar-refractivity contribution is -0.118. The van der Waals surface area contributed by atoms with Crippen LogP contribution in [-0.4, -0.2) is 24.0 Å². The summed E-state index contributed by atoms with van der Waals surface area (Å²) < 4.78 is 5.17. The second kappa shape index (κ2) is 6.13. The molecule has 6 nitrogen and oxygen atoms in total. The Hall–Kier alpha value is -2.76. The zero-order valence-corrected chi connectivity index (χ0v) is 11.6. The van der Waals surface area contributed by atoms with Gasteiger partial charge < -0.3 is 20.2 Å². The van der Waals surface area contributed by atoms with Gasteiger partial charge in [-0.05, 0) is 30.3 Å². The van der Waals surface area contributed by atoms with Crippen molar-refractivity contribution in [1.82, 2.24) is 0 Å². The average Bonchev–Trinajstić information content (AvgIpc) is 2.97. The smallest absolute Gasteiger partial charge is 0.335 e. The number of nitrogen functional groups attached to an aromatic ring is 1. The maximum atomic E-state index is 12.1. The molecule has 0 spiro atoms. The van der Waals surface area contributed by atoms with Crippen LogP contribution in [-0.2, 0) is 11.2 Å². The number of carboxylic acids is 1. The molecule has 2 rings (SSSR count). The van der Waals surface area contributed by atoms with E-state index in [-0.39, 0.29) is 23.6 Å². The van der Waals surface area contributed by atoms with Crippen LogP contribution in [0, 0.1) is 0 Å². The van der Waals surface area contributed by atoms with Gasteiger partial charge in [0.2, 0.25) is 5.91 Å². The van der Waals surface area contributed by atoms with E-state index in [2.05, 4.69) is 0 Å². The topological polar surface area (TPSA) is 96.8 Å². The van der Waals surface area contributed by atoms with Crippen molar-refractivity contribution in [2.45, 2.75) is 12.8 Å². The predicted octanol–water partition coefficient (Wildman–Crippen LogP) is 2.16. The maximum absolute atomic E-state index is 12.1. The van der Waals surface area contributed by atoms with Crippen LogP contribution in [0.5, 0.6) is 0 Å². The number of carboxylic acid groups (broad SMARTS) is 1. The number of hydrogen-bond donors (Lipinski definition) is 2. The molecule has 1 amide bonds. The number of anilines is 2. The van der Waals surface area contributed by atoms with E-state index in [4.69, 9.17) is 15.3 Å². The Labute approximate surface area is 121 Å². The third-order valence-electron chi connectivity index (χ3n) is 3.18. The summed E-state index contributed by atoms with van der Waals surface area (Å²) in [5.74, 6) is -0.438. The first kappa shape index (κ1) is 14.6. The molecule has 21 heavy (non-hydrogen) atoms. The summed E-state index contributed by atoms with van der Waals surface area (Å²) in [5, 5.41) is 8.89. The Kier molecular flexibility index (Phi) is 4.27. The van der Waals surface area contributed by atoms with Crippen LogP contribution in [0.3, 0.4) is 0 Å². The Morgan fingerprint density at radius 2 is 2.10 bits per heavy atom.